The Labute approximate surface area is 91.5 Å². The zero-order chi connectivity index (χ0) is 10.9. The number of hydrogen-bond donors (Lipinski definition) is 2. The van der Waals surface area contributed by atoms with E-state index in [4.69, 9.17) is 5.73 Å². The van der Waals surface area contributed by atoms with Gasteiger partial charge in [0.25, 0.3) is 0 Å². The lowest BCUT2D eigenvalue weighted by molar-refractivity contribution is -0.145. The molecule has 0 unspecified atom stereocenters. The molecule has 0 saturated heterocycles. The molecule has 3 N–H and O–H groups in total. The predicted molar refractivity (Wildman–Crippen MR) is 55.7 cm³/mol. The fourth-order valence-corrected chi connectivity index (χ4v) is 2.64. The SMILES string of the molecule is NC1CCC(C(=O)O)(c2csnn2)CC1. The van der Waals surface area contributed by atoms with E-state index in [1.807, 2.05) is 0 Å². The van der Waals surface area contributed by atoms with Crippen LogP contribution in [0, 0.1) is 0 Å². The van der Waals surface area contributed by atoms with E-state index in [-0.39, 0.29) is 6.04 Å². The summed E-state index contributed by atoms with van der Waals surface area (Å²) in [5.74, 6) is -0.804. The second-order valence-electron chi connectivity index (χ2n) is 4.01. The summed E-state index contributed by atoms with van der Waals surface area (Å²) in [4.78, 5) is 11.4. The van der Waals surface area contributed by atoms with Gasteiger partial charge in [0.1, 0.15) is 5.41 Å². The average Bonchev–Trinajstić information content (AvgIpc) is 2.72. The van der Waals surface area contributed by atoms with Gasteiger partial charge in [-0.2, -0.15) is 0 Å². The Kier molecular flexibility index (Phi) is 2.70. The molecule has 1 aliphatic rings. The molecule has 1 aromatic heterocycles. The number of nitrogens with two attached hydrogens (primary N) is 1. The average molecular weight is 227 g/mol. The van der Waals surface area contributed by atoms with E-state index in [0.29, 0.717) is 18.5 Å². The van der Waals surface area contributed by atoms with Gasteiger partial charge in [0, 0.05) is 11.4 Å². The van der Waals surface area contributed by atoms with Crippen molar-refractivity contribution in [3.05, 3.63) is 11.1 Å². The summed E-state index contributed by atoms with van der Waals surface area (Å²) >= 11 is 1.19. The molecule has 5 nitrogen and oxygen atoms in total. The lowest BCUT2D eigenvalue weighted by atomic mass is 9.71. The van der Waals surface area contributed by atoms with Gasteiger partial charge in [-0.3, -0.25) is 4.79 Å². The predicted octanol–water partition coefficient (Wildman–Crippen LogP) is 0.762. The second kappa shape index (κ2) is 3.86. The zero-order valence-corrected chi connectivity index (χ0v) is 9.04. The van der Waals surface area contributed by atoms with Crippen LogP contribution in [0.5, 0.6) is 0 Å². The van der Waals surface area contributed by atoms with Crippen LogP contribution in [0.25, 0.3) is 0 Å². The Bertz CT molecular complexity index is 344. The summed E-state index contributed by atoms with van der Waals surface area (Å²) in [7, 11) is 0. The zero-order valence-electron chi connectivity index (χ0n) is 8.22. The normalized spacial score (nSPS) is 31.4. The van der Waals surface area contributed by atoms with Crippen molar-refractivity contribution in [1.82, 2.24) is 9.59 Å². The summed E-state index contributed by atoms with van der Waals surface area (Å²) in [5, 5.41) is 15.0. The van der Waals surface area contributed by atoms with Crippen LogP contribution in [0.2, 0.25) is 0 Å². The van der Waals surface area contributed by atoms with Gasteiger partial charge in [0.15, 0.2) is 0 Å². The van der Waals surface area contributed by atoms with E-state index < -0.39 is 11.4 Å². The van der Waals surface area contributed by atoms with Crippen molar-refractivity contribution in [1.29, 1.82) is 0 Å². The minimum atomic E-state index is -0.844. The Hall–Kier alpha value is -1.01. The molecule has 15 heavy (non-hydrogen) atoms. The third-order valence-electron chi connectivity index (χ3n) is 3.14. The molecule has 0 amide bonds. The minimum absolute atomic E-state index is 0.129. The number of carboxylic acids is 1. The van der Waals surface area contributed by atoms with Gasteiger partial charge in [-0.05, 0) is 37.2 Å². The lowest BCUT2D eigenvalue weighted by Gasteiger charge is -2.33. The molecule has 0 aliphatic heterocycles. The fraction of sp³-hybridized carbons (Fsp3) is 0.667. The molecule has 82 valence electrons. The van der Waals surface area contributed by atoms with E-state index >= 15 is 0 Å². The maximum Gasteiger partial charge on any atom is 0.315 e. The highest BCUT2D eigenvalue weighted by molar-refractivity contribution is 7.03. The Morgan fingerprint density at radius 3 is 2.73 bits per heavy atom. The summed E-state index contributed by atoms with van der Waals surface area (Å²) in [6.07, 6.45) is 2.61. The third-order valence-corrected chi connectivity index (χ3v) is 3.65. The molecule has 1 heterocycles. The highest BCUT2D eigenvalue weighted by atomic mass is 32.1. The third kappa shape index (κ3) is 1.74. The highest BCUT2D eigenvalue weighted by Gasteiger charge is 2.44. The number of rotatable bonds is 2. The molecular formula is C9H13N3O2S. The van der Waals surface area contributed by atoms with Gasteiger partial charge < -0.3 is 10.8 Å². The molecule has 1 aliphatic carbocycles. The van der Waals surface area contributed by atoms with Gasteiger partial charge >= 0.3 is 5.97 Å². The Balaban J connectivity index is 2.30. The molecule has 1 fully saturated rings. The van der Waals surface area contributed by atoms with E-state index in [9.17, 15) is 9.90 Å². The van der Waals surface area contributed by atoms with E-state index in [2.05, 4.69) is 9.59 Å². The van der Waals surface area contributed by atoms with Gasteiger partial charge in [0.05, 0.1) is 5.69 Å². The topological polar surface area (TPSA) is 89.1 Å². The van der Waals surface area contributed by atoms with Crippen LogP contribution in [0.15, 0.2) is 5.38 Å². The smallest absolute Gasteiger partial charge is 0.315 e. The molecule has 1 aromatic rings. The molecule has 0 aromatic carbocycles. The number of carbonyl (C=O) groups is 1. The first-order valence-corrected chi connectivity index (χ1v) is 5.75. The molecule has 6 heteroatoms. The number of aromatic nitrogens is 2. The van der Waals surface area contributed by atoms with Crippen LogP contribution in [0.3, 0.4) is 0 Å². The molecule has 0 atom stereocenters. The van der Waals surface area contributed by atoms with Crippen LogP contribution < -0.4 is 5.73 Å². The lowest BCUT2D eigenvalue weighted by Crippen LogP contribution is -2.43. The van der Waals surface area contributed by atoms with E-state index in [1.165, 1.54) is 11.5 Å². The van der Waals surface area contributed by atoms with Crippen LogP contribution >= 0.6 is 11.5 Å². The van der Waals surface area contributed by atoms with Gasteiger partial charge in [-0.1, -0.05) is 4.49 Å². The monoisotopic (exact) mass is 227 g/mol. The molecule has 0 radical (unpaired) electrons. The molecule has 0 spiro atoms. The van der Waals surface area contributed by atoms with Crippen LogP contribution in [0.1, 0.15) is 31.4 Å². The van der Waals surface area contributed by atoms with Gasteiger partial charge in [0.2, 0.25) is 0 Å². The van der Waals surface area contributed by atoms with Crippen molar-refractivity contribution in [2.45, 2.75) is 37.1 Å². The van der Waals surface area contributed by atoms with Crippen molar-refractivity contribution in [2.24, 2.45) is 5.73 Å². The fourth-order valence-electron chi connectivity index (χ4n) is 2.09. The second-order valence-corrected chi connectivity index (χ2v) is 4.62. The van der Waals surface area contributed by atoms with E-state index in [1.54, 1.807) is 5.38 Å². The maximum absolute atomic E-state index is 11.4. The van der Waals surface area contributed by atoms with Crippen molar-refractivity contribution in [2.75, 3.05) is 0 Å². The van der Waals surface area contributed by atoms with Crippen LogP contribution in [-0.2, 0) is 10.2 Å². The minimum Gasteiger partial charge on any atom is -0.481 e. The summed E-state index contributed by atoms with van der Waals surface area (Å²) in [6.45, 7) is 0. The molecule has 0 bridgehead atoms. The van der Waals surface area contributed by atoms with Crippen molar-refractivity contribution >= 4 is 17.5 Å². The number of aliphatic carboxylic acids is 1. The van der Waals surface area contributed by atoms with Crippen molar-refractivity contribution in [3.8, 4) is 0 Å². The first-order valence-electron chi connectivity index (χ1n) is 4.92. The van der Waals surface area contributed by atoms with Gasteiger partial charge in [-0.25, -0.2) is 0 Å². The molecule has 2 rings (SSSR count). The number of carboxylic acid groups (broad SMARTS) is 1. The van der Waals surface area contributed by atoms with Crippen molar-refractivity contribution < 1.29 is 9.90 Å². The van der Waals surface area contributed by atoms with E-state index in [0.717, 1.165) is 12.8 Å². The molecular weight excluding hydrogens is 214 g/mol. The Morgan fingerprint density at radius 1 is 1.60 bits per heavy atom. The Morgan fingerprint density at radius 2 is 2.27 bits per heavy atom. The first-order chi connectivity index (χ1) is 7.15. The van der Waals surface area contributed by atoms with Gasteiger partial charge in [-0.15, -0.1) is 5.10 Å². The summed E-state index contributed by atoms with van der Waals surface area (Å²) in [6, 6.07) is 0.129. The molecule has 1 saturated carbocycles. The number of nitrogens with zero attached hydrogens (tertiary/aromatic N) is 2. The first kappa shape index (κ1) is 10.5. The summed E-state index contributed by atoms with van der Waals surface area (Å²) in [5.41, 5.74) is 5.53. The highest BCUT2D eigenvalue weighted by Crippen LogP contribution is 2.38. The quantitative estimate of drug-likeness (QED) is 0.778. The standard InChI is InChI=1S/C9H13N3O2S/c10-6-1-3-9(4-2-6,8(13)14)7-5-15-12-11-7/h5-6H,1-4,10H2,(H,13,14). The van der Waals surface area contributed by atoms with Crippen molar-refractivity contribution in [3.63, 3.8) is 0 Å². The maximum atomic E-state index is 11.4. The largest absolute Gasteiger partial charge is 0.481 e. The number of hydrogen-bond acceptors (Lipinski definition) is 5. The summed E-state index contributed by atoms with van der Waals surface area (Å²) < 4.78 is 3.74. The van der Waals surface area contributed by atoms with Crippen LogP contribution in [-0.4, -0.2) is 26.7 Å². The van der Waals surface area contributed by atoms with Crippen LogP contribution in [0.4, 0.5) is 0 Å².